The molecule has 3 rings (SSSR count). The lowest BCUT2D eigenvalue weighted by molar-refractivity contribution is -0.349. The highest BCUT2D eigenvalue weighted by Crippen LogP contribution is 2.27. The predicted octanol–water partition coefficient (Wildman–Crippen LogP) is 2.74. The molecule has 3 aromatic rings. The van der Waals surface area contributed by atoms with Crippen molar-refractivity contribution >= 4 is 35.0 Å². The smallest absolute Gasteiger partial charge is 0.221 e. The fourth-order valence-corrected chi connectivity index (χ4v) is 2.30. The molecule has 7 heteroatoms. The number of benzene rings is 2. The van der Waals surface area contributed by atoms with Crippen LogP contribution < -0.4 is 5.32 Å². The molecule has 0 aliphatic rings. The van der Waals surface area contributed by atoms with Crippen LogP contribution in [0.2, 0.25) is 0 Å². The minimum Gasteiger partial charge on any atom is -0.619 e. The van der Waals surface area contributed by atoms with Gasteiger partial charge in [0.15, 0.2) is 5.82 Å². The lowest BCUT2D eigenvalue weighted by atomic mass is 10.2. The summed E-state index contributed by atoms with van der Waals surface area (Å²) in [6, 6.07) is 11.6. The number of aromatic nitrogens is 2. The van der Waals surface area contributed by atoms with E-state index in [2.05, 4.69) is 17.0 Å². The van der Waals surface area contributed by atoms with Crippen molar-refractivity contribution in [3.63, 3.8) is 0 Å². The van der Waals surface area contributed by atoms with Gasteiger partial charge in [0.2, 0.25) is 11.6 Å². The number of nitrogens with zero attached hydrogens (tertiary/aromatic N) is 3. The zero-order chi connectivity index (χ0) is 16.6. The summed E-state index contributed by atoms with van der Waals surface area (Å²) in [6.45, 7) is 4.71. The standard InChI is InChI=1S/C16H14N4O3/c1-10(21)17-12-5-3-11(4-6-12)16-18-14-8-7-13(19(2)22)9-15(14)20(16)23/h3-9,23H,2H2,1H3,(H,17,21). The zero-order valence-corrected chi connectivity index (χ0v) is 12.4. The molecule has 1 aromatic heterocycles. The number of anilines is 1. The van der Waals surface area contributed by atoms with Gasteiger partial charge in [-0.05, 0) is 30.3 Å². The highest BCUT2D eigenvalue weighted by molar-refractivity contribution is 5.89. The second kappa shape index (κ2) is 5.45. The van der Waals surface area contributed by atoms with Crippen LogP contribution in [0.15, 0.2) is 42.5 Å². The van der Waals surface area contributed by atoms with E-state index in [1.165, 1.54) is 13.0 Å². The molecule has 7 nitrogen and oxygen atoms in total. The molecular formula is C16H14N4O3. The van der Waals surface area contributed by atoms with Gasteiger partial charge in [-0.15, -0.1) is 0 Å². The molecule has 2 N–H and O–H groups in total. The molecule has 0 aliphatic carbocycles. The van der Waals surface area contributed by atoms with Crippen LogP contribution in [0.4, 0.5) is 11.4 Å². The Kier molecular flexibility index (Phi) is 3.46. The summed E-state index contributed by atoms with van der Waals surface area (Å²) in [5.41, 5.74) is 2.61. The normalized spacial score (nSPS) is 10.7. The Morgan fingerprint density at radius 2 is 2.00 bits per heavy atom. The van der Waals surface area contributed by atoms with Gasteiger partial charge in [-0.25, -0.2) is 4.98 Å². The molecule has 0 bridgehead atoms. The topological polar surface area (TPSA) is 93.2 Å². The molecule has 116 valence electrons. The first-order valence-electron chi connectivity index (χ1n) is 6.83. The first-order chi connectivity index (χ1) is 11.0. The third-order valence-corrected chi connectivity index (χ3v) is 3.37. The zero-order valence-electron chi connectivity index (χ0n) is 12.4. The summed E-state index contributed by atoms with van der Waals surface area (Å²) in [5.74, 6) is 0.183. The lowest BCUT2D eigenvalue weighted by Gasteiger charge is -2.04. The third-order valence-electron chi connectivity index (χ3n) is 3.37. The number of hydrogen-bond donors (Lipinski definition) is 2. The van der Waals surface area contributed by atoms with Crippen molar-refractivity contribution in [3.05, 3.63) is 47.7 Å². The maximum Gasteiger partial charge on any atom is 0.221 e. The van der Waals surface area contributed by atoms with Gasteiger partial charge in [-0.1, -0.05) is 0 Å². The van der Waals surface area contributed by atoms with Gasteiger partial charge in [0.1, 0.15) is 12.2 Å². The molecule has 1 heterocycles. The van der Waals surface area contributed by atoms with Gasteiger partial charge in [-0.2, -0.15) is 9.47 Å². The molecule has 0 fully saturated rings. The van der Waals surface area contributed by atoms with E-state index in [-0.39, 0.29) is 5.91 Å². The number of imidazole rings is 1. The minimum atomic E-state index is -0.157. The first kappa shape index (κ1) is 14.6. The molecule has 0 unspecified atom stereocenters. The Labute approximate surface area is 131 Å². The first-order valence-corrected chi connectivity index (χ1v) is 6.83. The number of carbonyl (C=O) groups excluding carboxylic acids is 1. The molecule has 2 aromatic carbocycles. The molecule has 0 radical (unpaired) electrons. The summed E-state index contributed by atoms with van der Waals surface area (Å²) in [6.07, 6.45) is 0. The number of fused-ring (bicyclic) bond motifs is 1. The van der Waals surface area contributed by atoms with Gasteiger partial charge in [0, 0.05) is 30.3 Å². The van der Waals surface area contributed by atoms with E-state index in [1.54, 1.807) is 36.4 Å². The molecular weight excluding hydrogens is 296 g/mol. The molecule has 0 aliphatic heterocycles. The van der Waals surface area contributed by atoms with Crippen LogP contribution in [-0.2, 0) is 4.79 Å². The van der Waals surface area contributed by atoms with E-state index in [0.717, 1.165) is 4.73 Å². The summed E-state index contributed by atoms with van der Waals surface area (Å²) in [7, 11) is 0. The van der Waals surface area contributed by atoms with Crippen molar-refractivity contribution in [1.82, 2.24) is 9.71 Å². The second-order valence-corrected chi connectivity index (χ2v) is 5.06. The van der Waals surface area contributed by atoms with E-state index in [1.807, 2.05) is 0 Å². The van der Waals surface area contributed by atoms with E-state index in [0.29, 0.717) is 38.5 Å². The minimum absolute atomic E-state index is 0.157. The largest absolute Gasteiger partial charge is 0.619 e. The summed E-state index contributed by atoms with van der Waals surface area (Å²) in [4.78, 5) is 15.4. The van der Waals surface area contributed by atoms with Gasteiger partial charge >= 0.3 is 0 Å². The monoisotopic (exact) mass is 310 g/mol. The van der Waals surface area contributed by atoms with Crippen molar-refractivity contribution in [2.45, 2.75) is 6.92 Å². The van der Waals surface area contributed by atoms with Crippen LogP contribution in [0.5, 0.6) is 0 Å². The van der Waals surface area contributed by atoms with Crippen LogP contribution >= 0.6 is 0 Å². The Morgan fingerprint density at radius 1 is 1.30 bits per heavy atom. The van der Waals surface area contributed by atoms with Gasteiger partial charge in [-0.3, -0.25) is 4.79 Å². The number of nitrogens with one attached hydrogen (secondary N) is 1. The Morgan fingerprint density at radius 3 is 2.61 bits per heavy atom. The number of hydrogen-bond acceptors (Lipinski definition) is 4. The molecule has 0 saturated carbocycles. The lowest BCUT2D eigenvalue weighted by Crippen LogP contribution is -2.05. The fraction of sp³-hybridized carbons (Fsp3) is 0.0625. The van der Waals surface area contributed by atoms with Gasteiger partial charge < -0.3 is 15.7 Å². The molecule has 0 atom stereocenters. The van der Waals surface area contributed by atoms with Crippen molar-refractivity contribution in [3.8, 4) is 11.4 Å². The van der Waals surface area contributed by atoms with Crippen molar-refractivity contribution < 1.29 is 14.7 Å². The van der Waals surface area contributed by atoms with E-state index in [9.17, 15) is 15.2 Å². The van der Waals surface area contributed by atoms with Crippen LogP contribution in [0.3, 0.4) is 0 Å². The quantitative estimate of drug-likeness (QED) is 0.256. The fourth-order valence-electron chi connectivity index (χ4n) is 2.30. The van der Waals surface area contributed by atoms with E-state index >= 15 is 0 Å². The summed E-state index contributed by atoms with van der Waals surface area (Å²) in [5, 5.41) is 24.2. The second-order valence-electron chi connectivity index (χ2n) is 5.06. The van der Waals surface area contributed by atoms with Crippen LogP contribution in [0, 0.1) is 5.21 Å². The average molecular weight is 310 g/mol. The maximum absolute atomic E-state index is 11.3. The van der Waals surface area contributed by atoms with Crippen LogP contribution in [-0.4, -0.2) is 32.3 Å². The van der Waals surface area contributed by atoms with Crippen LogP contribution in [0.1, 0.15) is 6.92 Å². The van der Waals surface area contributed by atoms with Crippen LogP contribution in [0.25, 0.3) is 22.4 Å². The number of rotatable bonds is 3. The highest BCUT2D eigenvalue weighted by Gasteiger charge is 2.14. The predicted molar refractivity (Wildman–Crippen MR) is 87.1 cm³/mol. The number of amides is 1. The average Bonchev–Trinajstić information content (AvgIpc) is 2.84. The van der Waals surface area contributed by atoms with E-state index in [4.69, 9.17) is 0 Å². The summed E-state index contributed by atoms with van der Waals surface area (Å²) >= 11 is 0. The summed E-state index contributed by atoms with van der Waals surface area (Å²) < 4.78 is 1.39. The highest BCUT2D eigenvalue weighted by atomic mass is 16.5. The van der Waals surface area contributed by atoms with E-state index < -0.39 is 0 Å². The maximum atomic E-state index is 11.3. The Hall–Kier alpha value is -3.35. The molecule has 1 amide bonds. The van der Waals surface area contributed by atoms with Gasteiger partial charge in [0.25, 0.3) is 0 Å². The molecule has 0 spiro atoms. The molecule has 0 saturated heterocycles. The molecule has 23 heavy (non-hydrogen) atoms. The SMILES string of the molecule is C=[N+]([O-])c1ccc2nc(-c3ccc(NC(C)=O)cc3)n(O)c2c1. The van der Waals surface area contributed by atoms with Crippen molar-refractivity contribution in [2.24, 2.45) is 0 Å². The number of carbonyl (C=O) groups is 1. The van der Waals surface area contributed by atoms with Crippen molar-refractivity contribution in [2.75, 3.05) is 5.32 Å². The third kappa shape index (κ3) is 2.71. The van der Waals surface area contributed by atoms with Gasteiger partial charge in [0.05, 0.1) is 5.52 Å². The Bertz CT molecular complexity index is 913. The van der Waals surface area contributed by atoms with Crippen molar-refractivity contribution in [1.29, 1.82) is 0 Å². The Balaban J connectivity index is 2.04.